The molecule has 0 amide bonds. The standard InChI is InChI=1S/C20H23N3/c1-2-6-16(7-3-1)10-13-23-14-11-17(12-15-23)20-21-18-8-4-5-9-19(18)22-20/h1-9,17H,10-15H2,(H,21,22). The highest BCUT2D eigenvalue weighted by molar-refractivity contribution is 5.74. The topological polar surface area (TPSA) is 31.9 Å². The molecule has 1 fully saturated rings. The Kier molecular flexibility index (Phi) is 4.12. The van der Waals surface area contributed by atoms with Crippen molar-refractivity contribution >= 4 is 11.0 Å². The van der Waals surface area contributed by atoms with Crippen LogP contribution in [0.3, 0.4) is 0 Å². The van der Waals surface area contributed by atoms with Crippen LogP contribution in [0.15, 0.2) is 54.6 Å². The van der Waals surface area contributed by atoms with Gasteiger partial charge in [0.05, 0.1) is 11.0 Å². The van der Waals surface area contributed by atoms with Gasteiger partial charge in [-0.25, -0.2) is 4.98 Å². The van der Waals surface area contributed by atoms with Gasteiger partial charge < -0.3 is 9.88 Å². The first-order valence-electron chi connectivity index (χ1n) is 8.59. The van der Waals surface area contributed by atoms with E-state index >= 15 is 0 Å². The molecule has 1 saturated heterocycles. The van der Waals surface area contributed by atoms with E-state index in [1.54, 1.807) is 0 Å². The molecule has 118 valence electrons. The summed E-state index contributed by atoms with van der Waals surface area (Å²) < 4.78 is 0. The molecule has 3 nitrogen and oxygen atoms in total. The molecule has 4 rings (SSSR count). The Morgan fingerprint density at radius 2 is 1.70 bits per heavy atom. The molecule has 0 atom stereocenters. The van der Waals surface area contributed by atoms with Crippen molar-refractivity contribution < 1.29 is 0 Å². The van der Waals surface area contributed by atoms with Gasteiger partial charge in [0.15, 0.2) is 0 Å². The van der Waals surface area contributed by atoms with Crippen LogP contribution in [0, 0.1) is 0 Å². The van der Waals surface area contributed by atoms with Crippen LogP contribution in [0.4, 0.5) is 0 Å². The maximum absolute atomic E-state index is 4.78. The summed E-state index contributed by atoms with van der Waals surface area (Å²) in [5, 5.41) is 0. The van der Waals surface area contributed by atoms with Crippen LogP contribution in [-0.4, -0.2) is 34.5 Å². The van der Waals surface area contributed by atoms with E-state index in [9.17, 15) is 0 Å². The van der Waals surface area contributed by atoms with E-state index in [4.69, 9.17) is 4.98 Å². The van der Waals surface area contributed by atoms with Gasteiger partial charge >= 0.3 is 0 Å². The van der Waals surface area contributed by atoms with Gasteiger partial charge in [-0.3, -0.25) is 0 Å². The average Bonchev–Trinajstić information content (AvgIpc) is 3.05. The zero-order valence-electron chi connectivity index (χ0n) is 13.4. The Morgan fingerprint density at radius 1 is 0.957 bits per heavy atom. The van der Waals surface area contributed by atoms with Crippen molar-refractivity contribution in [2.75, 3.05) is 19.6 Å². The van der Waals surface area contributed by atoms with E-state index < -0.39 is 0 Å². The monoisotopic (exact) mass is 305 g/mol. The normalized spacial score (nSPS) is 16.9. The lowest BCUT2D eigenvalue weighted by Gasteiger charge is -2.31. The minimum absolute atomic E-state index is 0.579. The number of fused-ring (bicyclic) bond motifs is 1. The zero-order valence-corrected chi connectivity index (χ0v) is 13.4. The van der Waals surface area contributed by atoms with Crippen molar-refractivity contribution in [3.05, 3.63) is 66.0 Å². The summed E-state index contributed by atoms with van der Waals surface area (Å²) in [6, 6.07) is 19.1. The molecular weight excluding hydrogens is 282 g/mol. The fraction of sp³-hybridized carbons (Fsp3) is 0.350. The Balaban J connectivity index is 1.33. The van der Waals surface area contributed by atoms with Crippen LogP contribution in [0.25, 0.3) is 11.0 Å². The molecule has 1 aromatic heterocycles. The van der Waals surface area contributed by atoms with Gasteiger partial charge in [0.25, 0.3) is 0 Å². The van der Waals surface area contributed by atoms with Crippen LogP contribution >= 0.6 is 0 Å². The van der Waals surface area contributed by atoms with E-state index in [0.717, 1.165) is 24.0 Å². The van der Waals surface area contributed by atoms with Crippen LogP contribution in [0.5, 0.6) is 0 Å². The van der Waals surface area contributed by atoms with E-state index in [2.05, 4.69) is 64.5 Å². The second kappa shape index (κ2) is 6.55. The number of likely N-dealkylation sites (tertiary alicyclic amines) is 1. The summed E-state index contributed by atoms with van der Waals surface area (Å²) in [7, 11) is 0. The fourth-order valence-corrected chi connectivity index (χ4v) is 3.53. The van der Waals surface area contributed by atoms with Crippen molar-refractivity contribution in [1.29, 1.82) is 0 Å². The van der Waals surface area contributed by atoms with E-state index in [1.165, 1.54) is 37.3 Å². The number of imidazole rings is 1. The number of hydrogen-bond acceptors (Lipinski definition) is 2. The highest BCUT2D eigenvalue weighted by Crippen LogP contribution is 2.27. The molecule has 2 heterocycles. The third-order valence-corrected chi connectivity index (χ3v) is 4.94. The quantitative estimate of drug-likeness (QED) is 0.790. The molecule has 0 aliphatic carbocycles. The smallest absolute Gasteiger partial charge is 0.110 e. The molecule has 1 aliphatic rings. The first kappa shape index (κ1) is 14.5. The highest BCUT2D eigenvalue weighted by Gasteiger charge is 2.22. The average molecular weight is 305 g/mol. The number of aromatic nitrogens is 2. The largest absolute Gasteiger partial charge is 0.342 e. The second-order valence-corrected chi connectivity index (χ2v) is 6.49. The van der Waals surface area contributed by atoms with Crippen molar-refractivity contribution in [3.63, 3.8) is 0 Å². The molecule has 2 aromatic carbocycles. The van der Waals surface area contributed by atoms with Crippen LogP contribution in [-0.2, 0) is 6.42 Å². The minimum Gasteiger partial charge on any atom is -0.342 e. The molecule has 0 saturated carbocycles. The third-order valence-electron chi connectivity index (χ3n) is 4.94. The molecule has 0 spiro atoms. The van der Waals surface area contributed by atoms with Crippen molar-refractivity contribution in [3.8, 4) is 0 Å². The first-order chi connectivity index (χ1) is 11.4. The summed E-state index contributed by atoms with van der Waals surface area (Å²) in [6.45, 7) is 3.51. The van der Waals surface area contributed by atoms with Gasteiger partial charge in [-0.05, 0) is 50.0 Å². The molecule has 3 aromatic rings. The molecule has 0 bridgehead atoms. The number of aromatic amines is 1. The van der Waals surface area contributed by atoms with Crippen LogP contribution < -0.4 is 0 Å². The fourth-order valence-electron chi connectivity index (χ4n) is 3.53. The summed E-state index contributed by atoms with van der Waals surface area (Å²) >= 11 is 0. The molecule has 1 N–H and O–H groups in total. The summed E-state index contributed by atoms with van der Waals surface area (Å²) in [4.78, 5) is 10.9. The number of rotatable bonds is 4. The number of hydrogen-bond donors (Lipinski definition) is 1. The maximum Gasteiger partial charge on any atom is 0.110 e. The van der Waals surface area contributed by atoms with Gasteiger partial charge in [0, 0.05) is 12.5 Å². The summed E-state index contributed by atoms with van der Waals surface area (Å²) in [5.41, 5.74) is 3.69. The molecule has 0 unspecified atom stereocenters. The number of nitrogens with one attached hydrogen (secondary N) is 1. The predicted octanol–water partition coefficient (Wildman–Crippen LogP) is 3.99. The Morgan fingerprint density at radius 3 is 2.48 bits per heavy atom. The molecule has 0 radical (unpaired) electrons. The number of H-pyrrole nitrogens is 1. The Bertz CT molecular complexity index is 722. The number of nitrogens with zero attached hydrogens (tertiary/aromatic N) is 2. The Hall–Kier alpha value is -2.13. The van der Waals surface area contributed by atoms with Crippen molar-refractivity contribution in [2.45, 2.75) is 25.2 Å². The second-order valence-electron chi connectivity index (χ2n) is 6.49. The number of benzene rings is 2. The number of piperidine rings is 1. The predicted molar refractivity (Wildman–Crippen MR) is 94.7 cm³/mol. The Labute approximate surface area is 137 Å². The SMILES string of the molecule is c1ccc(CCN2CCC(c3nc4ccccc4[nH]3)CC2)cc1. The lowest BCUT2D eigenvalue weighted by molar-refractivity contribution is 0.212. The summed E-state index contributed by atoms with van der Waals surface area (Å²) in [6.07, 6.45) is 3.55. The van der Waals surface area contributed by atoms with Crippen LogP contribution in [0.1, 0.15) is 30.1 Å². The lowest BCUT2D eigenvalue weighted by Crippen LogP contribution is -2.34. The minimum atomic E-state index is 0.579. The van der Waals surface area contributed by atoms with E-state index in [0.29, 0.717) is 5.92 Å². The number of para-hydroxylation sites is 2. The summed E-state index contributed by atoms with van der Waals surface area (Å²) in [5.74, 6) is 1.75. The van der Waals surface area contributed by atoms with Gasteiger partial charge in [-0.1, -0.05) is 42.5 Å². The van der Waals surface area contributed by atoms with Gasteiger partial charge in [0.1, 0.15) is 5.82 Å². The van der Waals surface area contributed by atoms with Crippen LogP contribution in [0.2, 0.25) is 0 Å². The van der Waals surface area contributed by atoms with Gasteiger partial charge in [-0.2, -0.15) is 0 Å². The van der Waals surface area contributed by atoms with Crippen molar-refractivity contribution in [2.24, 2.45) is 0 Å². The third kappa shape index (κ3) is 3.30. The molecule has 1 aliphatic heterocycles. The zero-order chi connectivity index (χ0) is 15.5. The maximum atomic E-state index is 4.78. The van der Waals surface area contributed by atoms with Gasteiger partial charge in [0.2, 0.25) is 0 Å². The van der Waals surface area contributed by atoms with Gasteiger partial charge in [-0.15, -0.1) is 0 Å². The van der Waals surface area contributed by atoms with E-state index in [-0.39, 0.29) is 0 Å². The van der Waals surface area contributed by atoms with E-state index in [1.807, 2.05) is 0 Å². The lowest BCUT2D eigenvalue weighted by atomic mass is 9.96. The molecule has 23 heavy (non-hydrogen) atoms. The first-order valence-corrected chi connectivity index (χ1v) is 8.59. The highest BCUT2D eigenvalue weighted by atomic mass is 15.1. The molecular formula is C20H23N3. The van der Waals surface area contributed by atoms with Crippen molar-refractivity contribution in [1.82, 2.24) is 14.9 Å². The molecule has 3 heteroatoms.